The van der Waals surface area contributed by atoms with Crippen LogP contribution in [0.25, 0.3) is 0 Å². The van der Waals surface area contributed by atoms with E-state index in [1.807, 2.05) is 0 Å². The molecule has 0 saturated heterocycles. The van der Waals surface area contributed by atoms with Crippen LogP contribution in [0.5, 0.6) is 11.5 Å². The van der Waals surface area contributed by atoms with Crippen molar-refractivity contribution in [3.8, 4) is 11.5 Å². The smallest absolute Gasteiger partial charge is 0.175 e. The van der Waals surface area contributed by atoms with E-state index in [1.165, 1.54) is 24.8 Å². The maximum absolute atomic E-state index is 5.76. The van der Waals surface area contributed by atoms with Crippen LogP contribution < -0.4 is 14.8 Å². The first-order valence-corrected chi connectivity index (χ1v) is 8.39. The number of hydrogen-bond acceptors (Lipinski definition) is 3. The Labute approximate surface area is 130 Å². The summed E-state index contributed by atoms with van der Waals surface area (Å²) in [6.07, 6.45) is 5.65. The van der Waals surface area contributed by atoms with Gasteiger partial charge >= 0.3 is 0 Å². The van der Waals surface area contributed by atoms with Crippen molar-refractivity contribution < 1.29 is 9.47 Å². The van der Waals surface area contributed by atoms with Gasteiger partial charge in [0.05, 0.1) is 17.7 Å². The van der Waals surface area contributed by atoms with Gasteiger partial charge < -0.3 is 14.8 Å². The third-order valence-corrected chi connectivity index (χ3v) is 3.95. The fourth-order valence-electron chi connectivity index (χ4n) is 2.31. The van der Waals surface area contributed by atoms with E-state index in [-0.39, 0.29) is 0 Å². The normalized spacial score (nSPS) is 14.1. The molecule has 1 aliphatic heterocycles. The molecule has 0 aromatic heterocycles. The van der Waals surface area contributed by atoms with Crippen molar-refractivity contribution >= 4 is 15.9 Å². The van der Waals surface area contributed by atoms with E-state index >= 15 is 0 Å². The van der Waals surface area contributed by atoms with E-state index < -0.39 is 0 Å². The molecule has 4 heteroatoms. The first kappa shape index (κ1) is 15.6. The first-order valence-electron chi connectivity index (χ1n) is 7.60. The second kappa shape index (κ2) is 8.53. The molecule has 0 saturated carbocycles. The molecular weight excluding hydrogens is 318 g/mol. The maximum Gasteiger partial charge on any atom is 0.175 e. The molecular formula is C16H24BrNO2. The SMILES string of the molecule is CCCNCCCCc1cc(Br)c2c(c1)OCCCO2. The van der Waals surface area contributed by atoms with Gasteiger partial charge in [0.15, 0.2) is 11.5 Å². The van der Waals surface area contributed by atoms with Gasteiger partial charge in [0.1, 0.15) is 0 Å². The number of benzene rings is 1. The van der Waals surface area contributed by atoms with Crippen molar-refractivity contribution in [1.82, 2.24) is 5.32 Å². The number of aryl methyl sites for hydroxylation is 1. The summed E-state index contributed by atoms with van der Waals surface area (Å²) >= 11 is 3.59. The molecule has 0 spiro atoms. The Bertz CT molecular complexity index is 423. The molecule has 0 unspecified atom stereocenters. The number of hydrogen-bond donors (Lipinski definition) is 1. The summed E-state index contributed by atoms with van der Waals surface area (Å²) in [4.78, 5) is 0. The summed E-state index contributed by atoms with van der Waals surface area (Å²) in [7, 11) is 0. The molecule has 112 valence electrons. The van der Waals surface area contributed by atoms with Gasteiger partial charge in [-0.1, -0.05) is 6.92 Å². The summed E-state index contributed by atoms with van der Waals surface area (Å²) < 4.78 is 12.5. The second-order valence-corrected chi connectivity index (χ2v) is 6.02. The molecule has 20 heavy (non-hydrogen) atoms. The highest BCUT2D eigenvalue weighted by molar-refractivity contribution is 9.10. The Morgan fingerprint density at radius 2 is 2.00 bits per heavy atom. The van der Waals surface area contributed by atoms with Gasteiger partial charge in [0.25, 0.3) is 0 Å². The molecule has 3 nitrogen and oxygen atoms in total. The number of rotatable bonds is 7. The van der Waals surface area contributed by atoms with Crippen LogP contribution in [0.3, 0.4) is 0 Å². The van der Waals surface area contributed by atoms with Gasteiger partial charge in [-0.2, -0.15) is 0 Å². The zero-order chi connectivity index (χ0) is 14.2. The highest BCUT2D eigenvalue weighted by Gasteiger charge is 2.14. The van der Waals surface area contributed by atoms with Crippen molar-refractivity contribution in [2.75, 3.05) is 26.3 Å². The Morgan fingerprint density at radius 3 is 2.85 bits per heavy atom. The number of fused-ring (bicyclic) bond motifs is 1. The van der Waals surface area contributed by atoms with Gasteiger partial charge in [-0.3, -0.25) is 0 Å². The summed E-state index contributed by atoms with van der Waals surface area (Å²) in [5.74, 6) is 1.74. The molecule has 2 rings (SSSR count). The van der Waals surface area contributed by atoms with E-state index in [2.05, 4.69) is 40.3 Å². The molecule has 1 N–H and O–H groups in total. The monoisotopic (exact) mass is 341 g/mol. The lowest BCUT2D eigenvalue weighted by molar-refractivity contribution is 0.296. The minimum absolute atomic E-state index is 0.730. The summed E-state index contributed by atoms with van der Waals surface area (Å²) in [6, 6.07) is 4.29. The van der Waals surface area contributed by atoms with Crippen LogP contribution in [0.2, 0.25) is 0 Å². The van der Waals surface area contributed by atoms with Crippen LogP contribution in [-0.2, 0) is 6.42 Å². The highest BCUT2D eigenvalue weighted by Crippen LogP contribution is 2.38. The standard InChI is InChI=1S/C16H24BrNO2/c1-2-7-18-8-4-3-6-13-11-14(17)16-15(12-13)19-9-5-10-20-16/h11-12,18H,2-10H2,1H3. The van der Waals surface area contributed by atoms with Gasteiger partial charge in [-0.15, -0.1) is 0 Å². The zero-order valence-corrected chi connectivity index (χ0v) is 13.8. The molecule has 1 aromatic carbocycles. The largest absolute Gasteiger partial charge is 0.490 e. The summed E-state index contributed by atoms with van der Waals surface area (Å²) in [5, 5.41) is 3.44. The van der Waals surface area contributed by atoms with Crippen LogP contribution in [0.4, 0.5) is 0 Å². The molecule has 0 amide bonds. The summed E-state index contributed by atoms with van der Waals surface area (Å²) in [5.41, 5.74) is 1.32. The van der Waals surface area contributed by atoms with Crippen LogP contribution in [0.15, 0.2) is 16.6 Å². The molecule has 0 fully saturated rings. The number of halogens is 1. The van der Waals surface area contributed by atoms with Crippen molar-refractivity contribution in [1.29, 1.82) is 0 Å². The fourth-order valence-corrected chi connectivity index (χ4v) is 2.91. The lowest BCUT2D eigenvalue weighted by Crippen LogP contribution is -2.15. The number of nitrogens with one attached hydrogen (secondary N) is 1. The number of ether oxygens (including phenoxy) is 2. The minimum Gasteiger partial charge on any atom is -0.490 e. The Kier molecular flexibility index (Phi) is 6.67. The quantitative estimate of drug-likeness (QED) is 0.762. The zero-order valence-electron chi connectivity index (χ0n) is 12.2. The Hall–Kier alpha value is -0.740. The van der Waals surface area contributed by atoms with Gasteiger partial charge in [0, 0.05) is 6.42 Å². The predicted octanol–water partition coefficient (Wildman–Crippen LogP) is 3.93. The molecule has 0 atom stereocenters. The van der Waals surface area contributed by atoms with Crippen molar-refractivity contribution in [2.24, 2.45) is 0 Å². The average molecular weight is 342 g/mol. The topological polar surface area (TPSA) is 30.5 Å². The predicted molar refractivity (Wildman–Crippen MR) is 85.8 cm³/mol. The summed E-state index contributed by atoms with van der Waals surface area (Å²) in [6.45, 7) is 5.90. The van der Waals surface area contributed by atoms with E-state index in [4.69, 9.17) is 9.47 Å². The van der Waals surface area contributed by atoms with E-state index in [0.29, 0.717) is 0 Å². The third kappa shape index (κ3) is 4.67. The van der Waals surface area contributed by atoms with Crippen LogP contribution in [0, 0.1) is 0 Å². The van der Waals surface area contributed by atoms with Crippen molar-refractivity contribution in [3.63, 3.8) is 0 Å². The lowest BCUT2D eigenvalue weighted by atomic mass is 10.1. The number of unbranched alkanes of at least 4 members (excludes halogenated alkanes) is 1. The van der Waals surface area contributed by atoms with Crippen molar-refractivity contribution in [3.05, 3.63) is 22.2 Å². The van der Waals surface area contributed by atoms with Crippen molar-refractivity contribution in [2.45, 2.75) is 39.0 Å². The van der Waals surface area contributed by atoms with E-state index in [9.17, 15) is 0 Å². The third-order valence-electron chi connectivity index (χ3n) is 3.36. The van der Waals surface area contributed by atoms with E-state index in [1.54, 1.807) is 0 Å². The average Bonchev–Trinajstić information content (AvgIpc) is 2.68. The Balaban J connectivity index is 1.86. The van der Waals surface area contributed by atoms with Crippen LogP contribution in [0.1, 0.15) is 38.2 Å². The second-order valence-electron chi connectivity index (χ2n) is 5.16. The van der Waals surface area contributed by atoms with Gasteiger partial charge in [0.2, 0.25) is 0 Å². The van der Waals surface area contributed by atoms with Gasteiger partial charge in [-0.05, 0) is 72.4 Å². The molecule has 0 bridgehead atoms. The molecule has 1 aliphatic rings. The van der Waals surface area contributed by atoms with Crippen LogP contribution >= 0.6 is 15.9 Å². The van der Waals surface area contributed by atoms with E-state index in [0.717, 1.165) is 55.1 Å². The maximum atomic E-state index is 5.76. The molecule has 0 radical (unpaired) electrons. The molecule has 1 aromatic rings. The molecule has 1 heterocycles. The Morgan fingerprint density at radius 1 is 1.15 bits per heavy atom. The lowest BCUT2D eigenvalue weighted by Gasteiger charge is -2.12. The highest BCUT2D eigenvalue weighted by atomic mass is 79.9. The van der Waals surface area contributed by atoms with Gasteiger partial charge in [-0.25, -0.2) is 0 Å². The first-order chi connectivity index (χ1) is 9.81. The minimum atomic E-state index is 0.730. The fraction of sp³-hybridized carbons (Fsp3) is 0.625. The molecule has 0 aliphatic carbocycles. The van der Waals surface area contributed by atoms with Crippen LogP contribution in [-0.4, -0.2) is 26.3 Å².